The SMILES string of the molecule is CSCc1nc2ccccc2n1CC(=O)OCC(=O)c1ccc(C)cc1C. The standard InChI is InChI=1S/C21H22N2O3S/c1-14-8-9-16(15(2)10-14)19(24)12-26-21(25)11-23-18-7-5-4-6-17(18)22-20(23)13-27-3/h4-10H,11-13H2,1-3H3. The summed E-state index contributed by atoms with van der Waals surface area (Å²) in [5, 5.41) is 0. The number of fused-ring (bicyclic) bond motifs is 1. The Hall–Kier alpha value is -2.60. The Labute approximate surface area is 162 Å². The average Bonchev–Trinajstić information content (AvgIpc) is 2.97. The van der Waals surface area contributed by atoms with Crippen molar-refractivity contribution in [2.45, 2.75) is 26.1 Å². The van der Waals surface area contributed by atoms with E-state index in [1.165, 1.54) is 0 Å². The number of ether oxygens (including phenoxy) is 1. The molecule has 0 bridgehead atoms. The number of carbonyl (C=O) groups excluding carboxylic acids is 2. The molecule has 0 atom stereocenters. The molecule has 0 saturated carbocycles. The third kappa shape index (κ3) is 4.39. The highest BCUT2D eigenvalue weighted by Gasteiger charge is 2.16. The fraction of sp³-hybridized carbons (Fsp3) is 0.286. The van der Waals surface area contributed by atoms with E-state index in [0.717, 1.165) is 28.0 Å². The zero-order chi connectivity index (χ0) is 19.4. The molecule has 2 aromatic carbocycles. The fourth-order valence-electron chi connectivity index (χ4n) is 3.07. The molecule has 0 amide bonds. The molecule has 0 aliphatic carbocycles. The minimum Gasteiger partial charge on any atom is -0.456 e. The van der Waals surface area contributed by atoms with Crippen LogP contribution < -0.4 is 0 Å². The largest absolute Gasteiger partial charge is 0.456 e. The van der Waals surface area contributed by atoms with Crippen LogP contribution in [0.15, 0.2) is 42.5 Å². The second-order valence-electron chi connectivity index (χ2n) is 6.44. The molecule has 3 rings (SSSR count). The van der Waals surface area contributed by atoms with Crippen LogP contribution in [0.25, 0.3) is 11.0 Å². The van der Waals surface area contributed by atoms with Crippen LogP contribution in [-0.2, 0) is 21.8 Å². The number of Topliss-reactive ketones (excluding diaryl/α,β-unsaturated/α-hetero) is 1. The van der Waals surface area contributed by atoms with Gasteiger partial charge < -0.3 is 9.30 Å². The summed E-state index contributed by atoms with van der Waals surface area (Å²) < 4.78 is 7.11. The molecule has 27 heavy (non-hydrogen) atoms. The van der Waals surface area contributed by atoms with Crippen molar-refractivity contribution in [3.8, 4) is 0 Å². The number of esters is 1. The van der Waals surface area contributed by atoms with Gasteiger partial charge >= 0.3 is 5.97 Å². The van der Waals surface area contributed by atoms with Crippen LogP contribution in [0, 0.1) is 13.8 Å². The van der Waals surface area contributed by atoms with Crippen molar-refractivity contribution in [3.63, 3.8) is 0 Å². The van der Waals surface area contributed by atoms with Crippen LogP contribution in [0.3, 0.4) is 0 Å². The number of carbonyl (C=O) groups is 2. The van der Waals surface area contributed by atoms with E-state index in [2.05, 4.69) is 4.98 Å². The van der Waals surface area contributed by atoms with Crippen molar-refractivity contribution in [1.29, 1.82) is 0 Å². The Morgan fingerprint density at radius 2 is 1.93 bits per heavy atom. The first kappa shape index (κ1) is 19.2. The molecular weight excluding hydrogens is 360 g/mol. The number of rotatable bonds is 7. The molecule has 0 unspecified atom stereocenters. The molecule has 0 N–H and O–H groups in total. The third-order valence-corrected chi connectivity index (χ3v) is 4.89. The van der Waals surface area contributed by atoms with E-state index in [1.807, 2.05) is 61.1 Å². The fourth-order valence-corrected chi connectivity index (χ4v) is 3.54. The lowest BCUT2D eigenvalue weighted by Crippen LogP contribution is -2.20. The summed E-state index contributed by atoms with van der Waals surface area (Å²) in [6, 6.07) is 13.3. The van der Waals surface area contributed by atoms with Gasteiger partial charge in [-0.25, -0.2) is 4.98 Å². The molecule has 6 heteroatoms. The van der Waals surface area contributed by atoms with Crippen molar-refractivity contribution in [1.82, 2.24) is 9.55 Å². The van der Waals surface area contributed by atoms with Gasteiger partial charge in [0.05, 0.1) is 16.8 Å². The Bertz CT molecular complexity index is 994. The lowest BCUT2D eigenvalue weighted by atomic mass is 10.0. The minimum absolute atomic E-state index is 0.0383. The normalized spacial score (nSPS) is 10.9. The Morgan fingerprint density at radius 1 is 1.15 bits per heavy atom. The number of nitrogens with zero attached hydrogens (tertiary/aromatic N) is 2. The maximum absolute atomic E-state index is 12.4. The summed E-state index contributed by atoms with van der Waals surface area (Å²) in [7, 11) is 0. The number of hydrogen-bond acceptors (Lipinski definition) is 5. The van der Waals surface area contributed by atoms with Gasteiger partial charge in [-0.2, -0.15) is 11.8 Å². The van der Waals surface area contributed by atoms with E-state index in [-0.39, 0.29) is 18.9 Å². The number of aromatic nitrogens is 2. The maximum atomic E-state index is 12.4. The lowest BCUT2D eigenvalue weighted by Gasteiger charge is -2.10. The van der Waals surface area contributed by atoms with Gasteiger partial charge in [0.1, 0.15) is 12.4 Å². The van der Waals surface area contributed by atoms with Gasteiger partial charge in [0.25, 0.3) is 0 Å². The monoisotopic (exact) mass is 382 g/mol. The van der Waals surface area contributed by atoms with Crippen molar-refractivity contribution in [2.24, 2.45) is 0 Å². The van der Waals surface area contributed by atoms with Crippen LogP contribution in [-0.4, -0.2) is 34.2 Å². The first-order valence-corrected chi connectivity index (χ1v) is 10.1. The average molecular weight is 382 g/mol. The molecule has 0 saturated heterocycles. The van der Waals surface area contributed by atoms with Gasteiger partial charge in [0.2, 0.25) is 5.78 Å². The summed E-state index contributed by atoms with van der Waals surface area (Å²) in [6.45, 7) is 3.64. The molecule has 0 aliphatic rings. The number of ketones is 1. The predicted molar refractivity (Wildman–Crippen MR) is 108 cm³/mol. The number of para-hydroxylation sites is 2. The van der Waals surface area contributed by atoms with E-state index in [1.54, 1.807) is 17.8 Å². The molecule has 0 aliphatic heterocycles. The van der Waals surface area contributed by atoms with E-state index in [9.17, 15) is 9.59 Å². The van der Waals surface area contributed by atoms with Gasteiger partial charge in [-0.15, -0.1) is 0 Å². The molecule has 1 aromatic heterocycles. The molecule has 140 valence electrons. The Balaban J connectivity index is 1.70. The quantitative estimate of drug-likeness (QED) is 0.457. The van der Waals surface area contributed by atoms with Crippen LogP contribution in [0.4, 0.5) is 0 Å². The number of aryl methyl sites for hydroxylation is 2. The molecule has 3 aromatic rings. The van der Waals surface area contributed by atoms with Crippen molar-refractivity contribution in [2.75, 3.05) is 12.9 Å². The number of thioether (sulfide) groups is 1. The van der Waals surface area contributed by atoms with Crippen LogP contribution in [0.1, 0.15) is 27.3 Å². The third-order valence-electron chi connectivity index (χ3n) is 4.34. The van der Waals surface area contributed by atoms with E-state index in [4.69, 9.17) is 4.74 Å². The highest BCUT2D eigenvalue weighted by molar-refractivity contribution is 7.97. The van der Waals surface area contributed by atoms with Crippen molar-refractivity contribution < 1.29 is 14.3 Å². The van der Waals surface area contributed by atoms with Crippen molar-refractivity contribution in [3.05, 3.63) is 65.0 Å². The topological polar surface area (TPSA) is 61.2 Å². The second-order valence-corrected chi connectivity index (χ2v) is 7.30. The van der Waals surface area contributed by atoms with E-state index < -0.39 is 5.97 Å². The maximum Gasteiger partial charge on any atom is 0.326 e. The summed E-state index contributed by atoms with van der Waals surface area (Å²) in [4.78, 5) is 29.3. The van der Waals surface area contributed by atoms with E-state index >= 15 is 0 Å². The van der Waals surface area contributed by atoms with Crippen molar-refractivity contribution >= 4 is 34.5 Å². The van der Waals surface area contributed by atoms with Crippen LogP contribution in [0.5, 0.6) is 0 Å². The van der Waals surface area contributed by atoms with Gasteiger partial charge in [-0.05, 0) is 37.8 Å². The second kappa shape index (κ2) is 8.39. The number of benzene rings is 2. The summed E-state index contributed by atoms with van der Waals surface area (Å²) >= 11 is 1.64. The van der Waals surface area contributed by atoms with Gasteiger partial charge in [-0.1, -0.05) is 35.9 Å². The summed E-state index contributed by atoms with van der Waals surface area (Å²) in [5.41, 5.74) is 4.30. The molecule has 0 radical (unpaired) electrons. The van der Waals surface area contributed by atoms with Gasteiger partial charge in [0.15, 0.2) is 6.61 Å². The van der Waals surface area contributed by atoms with Gasteiger partial charge in [0, 0.05) is 5.56 Å². The smallest absolute Gasteiger partial charge is 0.326 e. The highest BCUT2D eigenvalue weighted by atomic mass is 32.2. The number of hydrogen-bond donors (Lipinski definition) is 0. The molecule has 5 nitrogen and oxygen atoms in total. The highest BCUT2D eigenvalue weighted by Crippen LogP contribution is 2.19. The van der Waals surface area contributed by atoms with E-state index in [0.29, 0.717) is 11.3 Å². The molecular formula is C21H22N2O3S. The first-order valence-electron chi connectivity index (χ1n) is 8.68. The van der Waals surface area contributed by atoms with Crippen LogP contribution >= 0.6 is 11.8 Å². The minimum atomic E-state index is -0.446. The lowest BCUT2D eigenvalue weighted by molar-refractivity contribution is -0.143. The summed E-state index contributed by atoms with van der Waals surface area (Å²) in [6.07, 6.45) is 1.99. The summed E-state index contributed by atoms with van der Waals surface area (Å²) in [5.74, 6) is 0.879. The predicted octanol–water partition coefficient (Wildman–Crippen LogP) is 3.94. The zero-order valence-corrected chi connectivity index (χ0v) is 16.5. The molecule has 1 heterocycles. The zero-order valence-electron chi connectivity index (χ0n) is 15.7. The molecule has 0 spiro atoms. The Morgan fingerprint density at radius 3 is 2.67 bits per heavy atom. The first-order chi connectivity index (χ1) is 13.0. The van der Waals surface area contributed by atoms with Gasteiger partial charge in [-0.3, -0.25) is 9.59 Å². The van der Waals surface area contributed by atoms with Crippen LogP contribution in [0.2, 0.25) is 0 Å². The number of imidazole rings is 1. The molecule has 0 fully saturated rings. The Kier molecular flexibility index (Phi) is 5.96.